The summed E-state index contributed by atoms with van der Waals surface area (Å²) in [5.74, 6) is 0.696. The van der Waals surface area contributed by atoms with Crippen LogP contribution < -0.4 is 5.32 Å². The lowest BCUT2D eigenvalue weighted by molar-refractivity contribution is 0.0716. The first kappa shape index (κ1) is 13.9. The van der Waals surface area contributed by atoms with E-state index in [0.29, 0.717) is 11.5 Å². The predicted octanol–water partition coefficient (Wildman–Crippen LogP) is 1.33. The lowest BCUT2D eigenvalue weighted by atomic mass is 9.97. The zero-order valence-electron chi connectivity index (χ0n) is 11.5. The second-order valence-electron chi connectivity index (χ2n) is 5.08. The molecule has 1 fully saturated rings. The highest BCUT2D eigenvalue weighted by Crippen LogP contribution is 2.15. The molecule has 0 aromatic carbocycles. The Morgan fingerprint density at radius 2 is 2.21 bits per heavy atom. The second kappa shape index (κ2) is 7.19. The third-order valence-electron chi connectivity index (χ3n) is 3.55. The first-order chi connectivity index (χ1) is 9.31. The summed E-state index contributed by atoms with van der Waals surface area (Å²) in [6.07, 6.45) is 6.41. The number of nitrogens with zero attached hydrogens (tertiary/aromatic N) is 3. The number of nitrogens with one attached hydrogen (secondary N) is 1. The highest BCUT2D eigenvalue weighted by atomic mass is 16.2. The molecule has 0 saturated carbocycles. The van der Waals surface area contributed by atoms with Gasteiger partial charge in [-0.05, 0) is 44.3 Å². The van der Waals surface area contributed by atoms with Gasteiger partial charge in [0.25, 0.3) is 5.91 Å². The lowest BCUT2D eigenvalue weighted by Gasteiger charge is -2.30. The molecule has 0 spiro atoms. The number of carbonyl (C=O) groups excluding carboxylic acids is 1. The van der Waals surface area contributed by atoms with E-state index in [9.17, 15) is 4.79 Å². The van der Waals surface area contributed by atoms with Crippen molar-refractivity contribution >= 4 is 5.91 Å². The van der Waals surface area contributed by atoms with Gasteiger partial charge in [0.05, 0.1) is 18.0 Å². The number of rotatable bonds is 5. The van der Waals surface area contributed by atoms with E-state index >= 15 is 0 Å². The van der Waals surface area contributed by atoms with Crippen molar-refractivity contribution < 1.29 is 4.79 Å². The van der Waals surface area contributed by atoms with Crippen LogP contribution in [0, 0.1) is 5.92 Å². The van der Waals surface area contributed by atoms with Crippen LogP contribution in [-0.2, 0) is 0 Å². The van der Waals surface area contributed by atoms with Crippen LogP contribution in [0.4, 0.5) is 0 Å². The van der Waals surface area contributed by atoms with Crippen molar-refractivity contribution in [3.8, 4) is 0 Å². The molecule has 1 amide bonds. The summed E-state index contributed by atoms with van der Waals surface area (Å²) < 4.78 is 0. The fourth-order valence-electron chi connectivity index (χ4n) is 2.52. The topological polar surface area (TPSA) is 58.1 Å². The first-order valence-electron chi connectivity index (χ1n) is 7.08. The van der Waals surface area contributed by atoms with Crippen LogP contribution >= 0.6 is 0 Å². The largest absolute Gasteiger partial charge is 0.338 e. The van der Waals surface area contributed by atoms with E-state index in [1.165, 1.54) is 0 Å². The Hall–Kier alpha value is -1.49. The monoisotopic (exact) mass is 262 g/mol. The fourth-order valence-corrected chi connectivity index (χ4v) is 2.52. The van der Waals surface area contributed by atoms with E-state index in [-0.39, 0.29) is 5.91 Å². The smallest absolute Gasteiger partial charge is 0.255 e. The Labute approximate surface area is 114 Å². The predicted molar refractivity (Wildman–Crippen MR) is 73.8 cm³/mol. The van der Waals surface area contributed by atoms with Gasteiger partial charge in [0, 0.05) is 13.1 Å². The molecule has 104 valence electrons. The molecular formula is C14H22N4O. The summed E-state index contributed by atoms with van der Waals surface area (Å²) in [4.78, 5) is 14.4. The fraction of sp³-hybridized carbons (Fsp3) is 0.643. The summed E-state index contributed by atoms with van der Waals surface area (Å²) in [7, 11) is 0. The Morgan fingerprint density at radius 1 is 1.42 bits per heavy atom. The molecule has 5 nitrogen and oxygen atoms in total. The van der Waals surface area contributed by atoms with Crippen molar-refractivity contribution in [2.45, 2.75) is 26.2 Å². The van der Waals surface area contributed by atoms with Crippen LogP contribution in [0.3, 0.4) is 0 Å². The quantitative estimate of drug-likeness (QED) is 0.869. The zero-order chi connectivity index (χ0) is 13.5. The summed E-state index contributed by atoms with van der Waals surface area (Å²) in [6, 6.07) is 1.74. The molecule has 1 aliphatic heterocycles. The Kier molecular flexibility index (Phi) is 5.27. The molecule has 19 heavy (non-hydrogen) atoms. The van der Waals surface area contributed by atoms with E-state index in [2.05, 4.69) is 22.4 Å². The third-order valence-corrected chi connectivity index (χ3v) is 3.55. The van der Waals surface area contributed by atoms with Crippen LogP contribution in [-0.4, -0.2) is 47.2 Å². The molecule has 1 aromatic rings. The van der Waals surface area contributed by atoms with Crippen molar-refractivity contribution in [1.29, 1.82) is 0 Å². The number of carbonyl (C=O) groups is 1. The molecule has 1 aliphatic rings. The minimum atomic E-state index is 0.0790. The first-order valence-corrected chi connectivity index (χ1v) is 7.08. The maximum Gasteiger partial charge on any atom is 0.255 e. The van der Waals surface area contributed by atoms with Crippen LogP contribution in [0.2, 0.25) is 0 Å². The van der Waals surface area contributed by atoms with Gasteiger partial charge < -0.3 is 10.2 Å². The number of hydrogen-bond acceptors (Lipinski definition) is 4. The van der Waals surface area contributed by atoms with Gasteiger partial charge in [0.15, 0.2) is 0 Å². The van der Waals surface area contributed by atoms with Crippen LogP contribution in [0.5, 0.6) is 0 Å². The number of amides is 1. The van der Waals surface area contributed by atoms with Gasteiger partial charge in [-0.1, -0.05) is 6.92 Å². The molecule has 5 heteroatoms. The Morgan fingerprint density at radius 3 is 2.84 bits per heavy atom. The van der Waals surface area contributed by atoms with Crippen LogP contribution in [0.15, 0.2) is 18.5 Å². The van der Waals surface area contributed by atoms with Crippen molar-refractivity contribution in [3.05, 3.63) is 24.0 Å². The molecule has 0 atom stereocenters. The number of hydrogen-bond donors (Lipinski definition) is 1. The van der Waals surface area contributed by atoms with Gasteiger partial charge in [-0.2, -0.15) is 10.2 Å². The normalized spacial score (nSPS) is 16.3. The van der Waals surface area contributed by atoms with Crippen molar-refractivity contribution in [3.63, 3.8) is 0 Å². The van der Waals surface area contributed by atoms with E-state index in [1.54, 1.807) is 18.5 Å². The van der Waals surface area contributed by atoms with E-state index < -0.39 is 0 Å². The second-order valence-corrected chi connectivity index (χ2v) is 5.08. The molecule has 0 aliphatic carbocycles. The average Bonchev–Trinajstić information content (AvgIpc) is 2.48. The molecule has 1 N–H and O–H groups in total. The lowest BCUT2D eigenvalue weighted by Crippen LogP contribution is -2.39. The molecule has 0 radical (unpaired) electrons. The van der Waals surface area contributed by atoms with Gasteiger partial charge in [-0.3, -0.25) is 4.79 Å². The van der Waals surface area contributed by atoms with Crippen molar-refractivity contribution in [1.82, 2.24) is 20.4 Å². The molecule has 2 rings (SSSR count). The Bertz CT molecular complexity index is 390. The molecule has 2 heterocycles. The molecular weight excluding hydrogens is 240 g/mol. The van der Waals surface area contributed by atoms with Gasteiger partial charge in [-0.25, -0.2) is 0 Å². The summed E-state index contributed by atoms with van der Waals surface area (Å²) in [5.41, 5.74) is 0.636. The Balaban J connectivity index is 2.00. The standard InChI is InChI=1S/C14H22N4O/c1-2-9-18(11-12-3-6-15-7-4-12)14(19)13-5-8-16-17-10-13/h5,8,10,12,15H,2-4,6-7,9,11H2,1H3. The number of piperidine rings is 1. The molecule has 0 bridgehead atoms. The maximum absolute atomic E-state index is 12.5. The SMILES string of the molecule is CCCN(CC1CCNCC1)C(=O)c1ccnnc1. The van der Waals surface area contributed by atoms with E-state index in [1.807, 2.05) is 4.90 Å². The minimum Gasteiger partial charge on any atom is -0.338 e. The molecule has 1 aromatic heterocycles. The van der Waals surface area contributed by atoms with Gasteiger partial charge in [-0.15, -0.1) is 0 Å². The highest BCUT2D eigenvalue weighted by Gasteiger charge is 2.21. The van der Waals surface area contributed by atoms with Gasteiger partial charge in [0.1, 0.15) is 0 Å². The summed E-state index contributed by atoms with van der Waals surface area (Å²) >= 11 is 0. The highest BCUT2D eigenvalue weighted by molar-refractivity contribution is 5.93. The molecule has 0 unspecified atom stereocenters. The third kappa shape index (κ3) is 3.99. The minimum absolute atomic E-state index is 0.0790. The average molecular weight is 262 g/mol. The van der Waals surface area contributed by atoms with Crippen molar-refractivity contribution in [2.75, 3.05) is 26.2 Å². The number of aromatic nitrogens is 2. The zero-order valence-corrected chi connectivity index (χ0v) is 11.5. The van der Waals surface area contributed by atoms with E-state index in [4.69, 9.17) is 0 Å². The van der Waals surface area contributed by atoms with E-state index in [0.717, 1.165) is 45.4 Å². The van der Waals surface area contributed by atoms with Gasteiger partial charge >= 0.3 is 0 Å². The summed E-state index contributed by atoms with van der Waals surface area (Å²) in [6.45, 7) is 5.90. The van der Waals surface area contributed by atoms with Gasteiger partial charge in [0.2, 0.25) is 0 Å². The molecule has 1 saturated heterocycles. The van der Waals surface area contributed by atoms with Crippen LogP contribution in [0.1, 0.15) is 36.5 Å². The van der Waals surface area contributed by atoms with Crippen LogP contribution in [0.25, 0.3) is 0 Å². The summed E-state index contributed by atoms with van der Waals surface area (Å²) in [5, 5.41) is 10.9. The maximum atomic E-state index is 12.5. The van der Waals surface area contributed by atoms with Crippen molar-refractivity contribution in [2.24, 2.45) is 5.92 Å².